The van der Waals surface area contributed by atoms with Gasteiger partial charge in [-0.3, -0.25) is 19.6 Å². The third kappa shape index (κ3) is 6.26. The van der Waals surface area contributed by atoms with Crippen molar-refractivity contribution in [3.8, 4) is 0 Å². The largest absolute Gasteiger partial charge is 0.385 e. The van der Waals surface area contributed by atoms with Crippen molar-refractivity contribution in [2.75, 3.05) is 46.4 Å². The molecule has 150 valence electrons. The number of rotatable bonds is 8. The van der Waals surface area contributed by atoms with E-state index in [1.165, 1.54) is 18.4 Å². The highest BCUT2D eigenvalue weighted by molar-refractivity contribution is 5.78. The second-order valence-corrected chi connectivity index (χ2v) is 7.83. The molecule has 0 saturated carbocycles. The Labute approximate surface area is 163 Å². The molecule has 27 heavy (non-hydrogen) atoms. The monoisotopic (exact) mass is 374 g/mol. The number of nitrogens with one attached hydrogen (secondary N) is 1. The average molecular weight is 375 g/mol. The van der Waals surface area contributed by atoms with E-state index < -0.39 is 0 Å². The minimum Gasteiger partial charge on any atom is -0.385 e. The van der Waals surface area contributed by atoms with Crippen LogP contribution in [0.1, 0.15) is 37.7 Å². The van der Waals surface area contributed by atoms with Gasteiger partial charge in [-0.15, -0.1) is 0 Å². The molecular formula is C21H34N4O2. The molecule has 1 N–H and O–H groups in total. The van der Waals surface area contributed by atoms with Gasteiger partial charge in [-0.2, -0.15) is 0 Å². The number of likely N-dealkylation sites (tertiary alicyclic amines) is 2. The van der Waals surface area contributed by atoms with Gasteiger partial charge in [0.1, 0.15) is 0 Å². The van der Waals surface area contributed by atoms with E-state index in [0.29, 0.717) is 12.6 Å². The highest BCUT2D eigenvalue weighted by Gasteiger charge is 2.31. The number of carbonyl (C=O) groups excluding carboxylic acids is 1. The second kappa shape index (κ2) is 10.7. The van der Waals surface area contributed by atoms with Gasteiger partial charge < -0.3 is 10.1 Å². The summed E-state index contributed by atoms with van der Waals surface area (Å²) in [5.74, 6) is 0.377. The van der Waals surface area contributed by atoms with Gasteiger partial charge in [0, 0.05) is 51.8 Å². The lowest BCUT2D eigenvalue weighted by Gasteiger charge is -2.42. The van der Waals surface area contributed by atoms with Crippen LogP contribution in [-0.4, -0.2) is 73.2 Å². The van der Waals surface area contributed by atoms with Gasteiger partial charge in [-0.05, 0) is 69.4 Å². The summed E-state index contributed by atoms with van der Waals surface area (Å²) in [5, 5.41) is 3.09. The Bertz CT molecular complexity index is 561. The number of nitrogens with zero attached hydrogens (tertiary/aromatic N) is 3. The molecule has 2 aliphatic rings. The third-order valence-corrected chi connectivity index (χ3v) is 5.88. The van der Waals surface area contributed by atoms with E-state index in [9.17, 15) is 4.79 Å². The van der Waals surface area contributed by atoms with Crippen molar-refractivity contribution in [2.24, 2.45) is 5.92 Å². The molecule has 0 bridgehead atoms. The maximum Gasteiger partial charge on any atom is 0.224 e. The molecule has 2 aliphatic heterocycles. The van der Waals surface area contributed by atoms with Crippen molar-refractivity contribution in [3.63, 3.8) is 0 Å². The van der Waals surface area contributed by atoms with Gasteiger partial charge in [-0.1, -0.05) is 0 Å². The summed E-state index contributed by atoms with van der Waals surface area (Å²) in [4.78, 5) is 21.7. The first-order chi connectivity index (χ1) is 13.3. The van der Waals surface area contributed by atoms with Gasteiger partial charge in [0.25, 0.3) is 0 Å². The summed E-state index contributed by atoms with van der Waals surface area (Å²) in [5.41, 5.74) is 1.34. The van der Waals surface area contributed by atoms with Crippen LogP contribution in [0.3, 0.4) is 0 Å². The molecule has 0 aliphatic carbocycles. The molecule has 0 aromatic carbocycles. The number of aromatic nitrogens is 1. The second-order valence-electron chi connectivity index (χ2n) is 7.83. The van der Waals surface area contributed by atoms with Crippen molar-refractivity contribution in [1.29, 1.82) is 0 Å². The summed E-state index contributed by atoms with van der Waals surface area (Å²) in [6.45, 7) is 6.77. The quantitative estimate of drug-likeness (QED) is 0.705. The van der Waals surface area contributed by atoms with Crippen molar-refractivity contribution in [1.82, 2.24) is 20.1 Å². The van der Waals surface area contributed by atoms with Crippen molar-refractivity contribution in [2.45, 2.75) is 44.7 Å². The number of carbonyl (C=O) groups is 1. The summed E-state index contributed by atoms with van der Waals surface area (Å²) in [6.07, 6.45) is 9.18. The maximum absolute atomic E-state index is 12.5. The topological polar surface area (TPSA) is 57.7 Å². The molecule has 6 heteroatoms. The number of hydrogen-bond donors (Lipinski definition) is 1. The van der Waals surface area contributed by atoms with E-state index >= 15 is 0 Å². The minimum atomic E-state index is 0.149. The molecule has 1 amide bonds. The van der Waals surface area contributed by atoms with Crippen molar-refractivity contribution < 1.29 is 9.53 Å². The zero-order valence-electron chi connectivity index (χ0n) is 16.6. The molecule has 6 nitrogen and oxygen atoms in total. The molecule has 3 rings (SSSR count). The van der Waals surface area contributed by atoms with Crippen LogP contribution in [0.5, 0.6) is 0 Å². The Kier molecular flexibility index (Phi) is 8.05. The molecule has 1 atom stereocenters. The van der Waals surface area contributed by atoms with Crippen LogP contribution in [0.15, 0.2) is 24.5 Å². The van der Waals surface area contributed by atoms with E-state index in [0.717, 1.165) is 58.5 Å². The van der Waals surface area contributed by atoms with E-state index in [1.54, 1.807) is 7.11 Å². The third-order valence-electron chi connectivity index (χ3n) is 5.88. The fraction of sp³-hybridized carbons (Fsp3) is 0.714. The van der Waals surface area contributed by atoms with E-state index in [1.807, 2.05) is 12.4 Å². The molecule has 3 heterocycles. The van der Waals surface area contributed by atoms with Crippen LogP contribution >= 0.6 is 0 Å². The first kappa shape index (κ1) is 20.2. The van der Waals surface area contributed by atoms with Crippen LogP contribution in [-0.2, 0) is 16.1 Å². The molecule has 1 unspecified atom stereocenters. The minimum absolute atomic E-state index is 0.149. The number of amides is 1. The lowest BCUT2D eigenvalue weighted by atomic mass is 9.93. The predicted octanol–water partition coefficient (Wildman–Crippen LogP) is 1.91. The Hall–Kier alpha value is -1.50. The van der Waals surface area contributed by atoms with E-state index in [2.05, 4.69) is 32.2 Å². The SMILES string of the molecule is COCCCNC(=O)C1CCCN(C2CCN(Cc3ccncc3)CC2)C1. The molecule has 0 radical (unpaired) electrons. The van der Waals surface area contributed by atoms with Crippen molar-refractivity contribution >= 4 is 5.91 Å². The van der Waals surface area contributed by atoms with Crippen LogP contribution < -0.4 is 5.32 Å². The average Bonchev–Trinajstić information content (AvgIpc) is 2.72. The summed E-state index contributed by atoms with van der Waals surface area (Å²) in [6, 6.07) is 4.84. The first-order valence-electron chi connectivity index (χ1n) is 10.4. The van der Waals surface area contributed by atoms with Crippen LogP contribution in [0, 0.1) is 5.92 Å². The fourth-order valence-electron chi connectivity index (χ4n) is 4.31. The number of methoxy groups -OCH3 is 1. The Morgan fingerprint density at radius 3 is 2.74 bits per heavy atom. The van der Waals surface area contributed by atoms with Crippen molar-refractivity contribution in [3.05, 3.63) is 30.1 Å². The molecular weight excluding hydrogens is 340 g/mol. The smallest absolute Gasteiger partial charge is 0.224 e. The van der Waals surface area contributed by atoms with Crippen LogP contribution in [0.4, 0.5) is 0 Å². The predicted molar refractivity (Wildman–Crippen MR) is 106 cm³/mol. The zero-order chi connectivity index (χ0) is 18.9. The standard InChI is InChI=1S/C21H34N4O2/c1-27-15-3-9-23-21(26)19-4-2-12-25(17-19)20-7-13-24(14-8-20)16-18-5-10-22-11-6-18/h5-6,10-11,19-20H,2-4,7-9,12-17H2,1H3,(H,23,26). The van der Waals surface area contributed by atoms with Gasteiger partial charge in [0.15, 0.2) is 0 Å². The lowest BCUT2D eigenvalue weighted by molar-refractivity contribution is -0.127. The molecule has 1 aromatic rings. The van der Waals surface area contributed by atoms with Gasteiger partial charge in [0.2, 0.25) is 5.91 Å². The Morgan fingerprint density at radius 2 is 2.00 bits per heavy atom. The molecule has 2 saturated heterocycles. The maximum atomic E-state index is 12.5. The number of piperidine rings is 2. The van der Waals surface area contributed by atoms with E-state index in [4.69, 9.17) is 4.74 Å². The molecule has 0 spiro atoms. The Balaban J connectivity index is 1.40. The Morgan fingerprint density at radius 1 is 1.22 bits per heavy atom. The highest BCUT2D eigenvalue weighted by atomic mass is 16.5. The fourth-order valence-corrected chi connectivity index (χ4v) is 4.31. The highest BCUT2D eigenvalue weighted by Crippen LogP contribution is 2.24. The number of pyridine rings is 1. The van der Waals surface area contributed by atoms with Gasteiger partial charge in [0.05, 0.1) is 5.92 Å². The van der Waals surface area contributed by atoms with Crippen LogP contribution in [0.2, 0.25) is 0 Å². The molecule has 2 fully saturated rings. The number of hydrogen-bond acceptors (Lipinski definition) is 5. The van der Waals surface area contributed by atoms with Crippen LogP contribution in [0.25, 0.3) is 0 Å². The molecule has 1 aromatic heterocycles. The van der Waals surface area contributed by atoms with Gasteiger partial charge in [-0.25, -0.2) is 0 Å². The normalized spacial score (nSPS) is 22.6. The zero-order valence-corrected chi connectivity index (χ0v) is 16.6. The van der Waals surface area contributed by atoms with E-state index in [-0.39, 0.29) is 11.8 Å². The lowest BCUT2D eigenvalue weighted by Crippen LogP contribution is -2.50. The summed E-state index contributed by atoms with van der Waals surface area (Å²) < 4.78 is 5.05. The first-order valence-corrected chi connectivity index (χ1v) is 10.4. The number of ether oxygens (including phenoxy) is 1. The summed E-state index contributed by atoms with van der Waals surface area (Å²) >= 11 is 0. The summed E-state index contributed by atoms with van der Waals surface area (Å²) in [7, 11) is 1.70. The van der Waals surface area contributed by atoms with Gasteiger partial charge >= 0.3 is 0 Å².